The summed E-state index contributed by atoms with van der Waals surface area (Å²) in [5.74, 6) is -0.343. The van der Waals surface area contributed by atoms with Gasteiger partial charge in [-0.25, -0.2) is 0 Å². The van der Waals surface area contributed by atoms with E-state index in [9.17, 15) is 5.11 Å². The molecule has 0 amide bonds. The second-order valence-corrected chi connectivity index (χ2v) is 7.34. The Bertz CT molecular complexity index is 589. The number of rotatable bonds is 1. The van der Waals surface area contributed by atoms with E-state index in [2.05, 4.69) is 0 Å². The van der Waals surface area contributed by atoms with E-state index < -0.39 is 8.13 Å². The Balaban J connectivity index is 2.70. The second-order valence-electron chi connectivity index (χ2n) is 3.74. The van der Waals surface area contributed by atoms with E-state index >= 15 is 0 Å². The minimum atomic E-state index is -2.00. The molecule has 0 aromatic heterocycles. The van der Waals surface area contributed by atoms with E-state index in [-0.39, 0.29) is 11.3 Å². The molecule has 0 saturated heterocycles. The van der Waals surface area contributed by atoms with Crippen LogP contribution in [0.5, 0.6) is 5.75 Å². The first-order valence-electron chi connectivity index (χ1n) is 4.89. The van der Waals surface area contributed by atoms with Crippen LogP contribution in [0, 0.1) is 0 Å². The zero-order valence-electron chi connectivity index (χ0n) is 8.76. The molecule has 18 heavy (non-hydrogen) atoms. The highest BCUT2D eigenvalue weighted by atomic mass is 35.6. The molecule has 1 radical (unpaired) electrons. The number of benzene rings is 2. The van der Waals surface area contributed by atoms with Crippen molar-refractivity contribution in [2.24, 2.45) is 0 Å². The molecular weight excluding hydrogens is 337 g/mol. The molecule has 0 fully saturated rings. The van der Waals surface area contributed by atoms with E-state index in [1.165, 1.54) is 6.07 Å². The van der Waals surface area contributed by atoms with Crippen LogP contribution in [-0.2, 0) is 9.44 Å². The maximum atomic E-state index is 12.3. The third kappa shape index (κ3) is 2.35. The van der Waals surface area contributed by atoms with Crippen molar-refractivity contribution in [3.8, 4) is 5.75 Å². The smallest absolute Gasteiger partial charge is 0.227 e. The van der Waals surface area contributed by atoms with Gasteiger partial charge in [0.05, 0.1) is 0 Å². The van der Waals surface area contributed by atoms with Crippen LogP contribution >= 0.6 is 58.0 Å². The van der Waals surface area contributed by atoms with E-state index in [0.29, 0.717) is 5.39 Å². The van der Waals surface area contributed by atoms with Crippen LogP contribution in [0.3, 0.4) is 0 Å². The highest BCUT2D eigenvalue weighted by Gasteiger charge is 2.49. The molecule has 0 bridgehead atoms. The van der Waals surface area contributed by atoms with Crippen LogP contribution in [-0.4, -0.2) is 3.79 Å². The molecule has 0 heterocycles. The molecule has 0 N–H and O–H groups in total. The van der Waals surface area contributed by atoms with Crippen molar-refractivity contribution in [2.75, 3.05) is 0 Å². The van der Waals surface area contributed by atoms with Gasteiger partial charge in [0, 0.05) is 10.9 Å². The second kappa shape index (κ2) is 4.81. The lowest BCUT2D eigenvalue weighted by Crippen LogP contribution is -2.28. The molecule has 0 aliphatic rings. The van der Waals surface area contributed by atoms with Gasteiger partial charge in [-0.15, -0.1) is 0 Å². The van der Waals surface area contributed by atoms with Crippen molar-refractivity contribution in [2.45, 2.75) is 8.13 Å². The Kier molecular flexibility index (Phi) is 3.84. The standard InChI is InChI=1S/C12H6Cl5O/c13-11(14,12(15,16)17)9-6-5-7-3-1-2-4-8(7)10(9)18/h1-6H. The molecule has 0 spiro atoms. The van der Waals surface area contributed by atoms with Crippen LogP contribution < -0.4 is 0 Å². The zero-order chi connectivity index (χ0) is 13.6. The maximum Gasteiger partial charge on any atom is 0.227 e. The third-order valence-electron chi connectivity index (χ3n) is 2.57. The molecule has 2 aromatic carbocycles. The number of hydrogen-bond acceptors (Lipinski definition) is 0. The number of alkyl halides is 5. The summed E-state index contributed by atoms with van der Waals surface area (Å²) < 4.78 is -3.91. The summed E-state index contributed by atoms with van der Waals surface area (Å²) in [6.45, 7) is 0. The zero-order valence-corrected chi connectivity index (χ0v) is 12.5. The molecule has 0 aliphatic carbocycles. The first kappa shape index (κ1) is 14.4. The molecule has 0 atom stereocenters. The highest BCUT2D eigenvalue weighted by Crippen LogP contribution is 2.55. The lowest BCUT2D eigenvalue weighted by Gasteiger charge is -2.28. The van der Waals surface area contributed by atoms with Gasteiger partial charge in [0.15, 0.2) is 10.1 Å². The number of fused-ring (bicyclic) bond motifs is 1. The lowest BCUT2D eigenvalue weighted by atomic mass is 10.0. The Morgan fingerprint density at radius 2 is 1.44 bits per heavy atom. The molecule has 2 aromatic rings. The van der Waals surface area contributed by atoms with Gasteiger partial charge in [0.25, 0.3) is 0 Å². The van der Waals surface area contributed by atoms with Gasteiger partial charge in [-0.3, -0.25) is 5.11 Å². The predicted octanol–water partition coefficient (Wildman–Crippen LogP) is 5.98. The summed E-state index contributed by atoms with van der Waals surface area (Å²) in [5.41, 5.74) is 0.0459. The summed E-state index contributed by atoms with van der Waals surface area (Å²) in [6.07, 6.45) is 0. The van der Waals surface area contributed by atoms with Gasteiger partial charge in [-0.05, 0) is 5.39 Å². The minimum absolute atomic E-state index is 0.0459. The summed E-state index contributed by atoms with van der Waals surface area (Å²) >= 11 is 29.2. The molecular formula is C12H6Cl5O. The van der Waals surface area contributed by atoms with Crippen LogP contribution in [0.15, 0.2) is 36.4 Å². The van der Waals surface area contributed by atoms with Crippen molar-refractivity contribution >= 4 is 68.8 Å². The van der Waals surface area contributed by atoms with Crippen molar-refractivity contribution in [3.05, 3.63) is 42.0 Å². The normalized spacial score (nSPS) is 12.9. The first-order chi connectivity index (χ1) is 8.25. The Labute approximate surface area is 129 Å². The molecule has 1 nitrogen and oxygen atoms in total. The Morgan fingerprint density at radius 3 is 2.06 bits per heavy atom. The lowest BCUT2D eigenvalue weighted by molar-refractivity contribution is 0.353. The van der Waals surface area contributed by atoms with Crippen molar-refractivity contribution in [1.29, 1.82) is 0 Å². The van der Waals surface area contributed by atoms with Gasteiger partial charge in [0.2, 0.25) is 3.79 Å². The SMILES string of the molecule is [O]c1c(C(Cl)(Cl)C(Cl)(Cl)Cl)ccc2ccccc12. The van der Waals surface area contributed by atoms with Crippen molar-refractivity contribution in [1.82, 2.24) is 0 Å². The van der Waals surface area contributed by atoms with Crippen molar-refractivity contribution in [3.63, 3.8) is 0 Å². The van der Waals surface area contributed by atoms with Gasteiger partial charge < -0.3 is 0 Å². The first-order valence-corrected chi connectivity index (χ1v) is 6.78. The Morgan fingerprint density at radius 1 is 0.833 bits per heavy atom. The fraction of sp³-hybridized carbons (Fsp3) is 0.167. The minimum Gasteiger partial charge on any atom is -0.289 e. The molecule has 2 rings (SSSR count). The van der Waals surface area contributed by atoms with Crippen LogP contribution in [0.4, 0.5) is 0 Å². The van der Waals surface area contributed by atoms with Crippen LogP contribution in [0.1, 0.15) is 5.56 Å². The summed E-state index contributed by atoms with van der Waals surface area (Å²) in [6, 6.07) is 10.2. The van der Waals surface area contributed by atoms with E-state index in [1.807, 2.05) is 6.07 Å². The maximum absolute atomic E-state index is 12.3. The van der Waals surface area contributed by atoms with Crippen LogP contribution in [0.25, 0.3) is 10.8 Å². The van der Waals surface area contributed by atoms with E-state index in [0.717, 1.165) is 5.39 Å². The van der Waals surface area contributed by atoms with Gasteiger partial charge in [-0.1, -0.05) is 94.4 Å². The van der Waals surface area contributed by atoms with E-state index in [4.69, 9.17) is 58.0 Å². The molecule has 95 valence electrons. The average Bonchev–Trinajstić information content (AvgIpc) is 2.28. The Hall–Kier alpha value is -0.0500. The fourth-order valence-electron chi connectivity index (χ4n) is 1.64. The van der Waals surface area contributed by atoms with Gasteiger partial charge in [-0.2, -0.15) is 0 Å². The average molecular weight is 343 g/mol. The quantitative estimate of drug-likeness (QED) is 0.567. The predicted molar refractivity (Wildman–Crippen MR) is 77.8 cm³/mol. The fourth-order valence-corrected chi connectivity index (χ4v) is 2.25. The summed E-state index contributed by atoms with van der Waals surface area (Å²) in [4.78, 5) is 0. The number of hydrogen-bond donors (Lipinski definition) is 0. The molecule has 0 saturated carbocycles. The van der Waals surface area contributed by atoms with Gasteiger partial charge in [0.1, 0.15) is 0 Å². The summed E-state index contributed by atoms with van der Waals surface area (Å²) in [7, 11) is 0. The monoisotopic (exact) mass is 341 g/mol. The molecule has 0 aliphatic heterocycles. The molecule has 0 unspecified atom stereocenters. The third-order valence-corrected chi connectivity index (χ3v) is 4.98. The highest BCUT2D eigenvalue weighted by molar-refractivity contribution is 6.75. The number of halogens is 5. The van der Waals surface area contributed by atoms with Crippen LogP contribution in [0.2, 0.25) is 0 Å². The largest absolute Gasteiger partial charge is 0.289 e. The summed E-state index contributed by atoms with van der Waals surface area (Å²) in [5, 5.41) is 13.5. The van der Waals surface area contributed by atoms with Crippen molar-refractivity contribution < 1.29 is 5.11 Å². The van der Waals surface area contributed by atoms with E-state index in [1.54, 1.807) is 24.3 Å². The van der Waals surface area contributed by atoms with Gasteiger partial charge >= 0.3 is 0 Å². The molecule has 6 heteroatoms. The topological polar surface area (TPSA) is 19.9 Å².